The molecule has 1 amide bonds. The van der Waals surface area contributed by atoms with Gasteiger partial charge in [-0.05, 0) is 24.1 Å². The van der Waals surface area contributed by atoms with Crippen LogP contribution in [0.25, 0.3) is 0 Å². The fourth-order valence-electron chi connectivity index (χ4n) is 1.56. The first-order valence-corrected chi connectivity index (χ1v) is 6.04. The number of anilines is 2. The number of nitrogens with one attached hydrogen (secondary N) is 1. The van der Waals surface area contributed by atoms with E-state index in [9.17, 15) is 4.79 Å². The Labute approximate surface area is 102 Å². The van der Waals surface area contributed by atoms with E-state index in [1.165, 1.54) is 0 Å². The smallest absolute Gasteiger partial charge is 0.220 e. The van der Waals surface area contributed by atoms with Gasteiger partial charge in [0.15, 0.2) is 0 Å². The number of unbranched alkanes of at least 4 members (excludes halogenated alkanes) is 2. The Bertz CT molecular complexity index is 377. The van der Waals surface area contributed by atoms with Crippen molar-refractivity contribution >= 4 is 17.3 Å². The highest BCUT2D eigenvalue weighted by molar-refractivity contribution is 5.76. The Morgan fingerprint density at radius 1 is 1.24 bits per heavy atom. The predicted molar refractivity (Wildman–Crippen MR) is 71.3 cm³/mol. The number of hydrogen-bond donors (Lipinski definition) is 3. The minimum Gasteiger partial charge on any atom is -0.397 e. The molecule has 0 radical (unpaired) electrons. The molecule has 0 saturated carbocycles. The van der Waals surface area contributed by atoms with Crippen LogP contribution in [0.1, 0.15) is 38.2 Å². The Hall–Kier alpha value is -1.71. The third-order valence-corrected chi connectivity index (χ3v) is 2.65. The Morgan fingerprint density at radius 2 is 2.00 bits per heavy atom. The molecule has 0 heterocycles. The van der Waals surface area contributed by atoms with E-state index in [4.69, 9.17) is 11.5 Å². The molecule has 1 aromatic carbocycles. The molecule has 0 bridgehead atoms. The molecule has 0 aliphatic carbocycles. The maximum absolute atomic E-state index is 11.5. The van der Waals surface area contributed by atoms with Crippen molar-refractivity contribution in [3.8, 4) is 0 Å². The summed E-state index contributed by atoms with van der Waals surface area (Å²) in [7, 11) is 0. The van der Waals surface area contributed by atoms with Crippen molar-refractivity contribution in [1.29, 1.82) is 0 Å². The topological polar surface area (TPSA) is 81.1 Å². The van der Waals surface area contributed by atoms with Gasteiger partial charge in [0.1, 0.15) is 0 Å². The monoisotopic (exact) mass is 235 g/mol. The predicted octanol–water partition coefficient (Wildman–Crippen LogP) is 2.05. The van der Waals surface area contributed by atoms with Crippen LogP contribution in [-0.2, 0) is 11.3 Å². The molecule has 4 heteroatoms. The summed E-state index contributed by atoms with van der Waals surface area (Å²) in [6.45, 7) is 2.63. The van der Waals surface area contributed by atoms with E-state index in [1.807, 2.05) is 6.07 Å². The minimum absolute atomic E-state index is 0.0915. The number of amides is 1. The third-order valence-electron chi connectivity index (χ3n) is 2.65. The molecular formula is C13H21N3O. The second-order valence-corrected chi connectivity index (χ2v) is 4.20. The largest absolute Gasteiger partial charge is 0.397 e. The van der Waals surface area contributed by atoms with Crippen LogP contribution < -0.4 is 16.8 Å². The van der Waals surface area contributed by atoms with Gasteiger partial charge in [0.25, 0.3) is 0 Å². The second-order valence-electron chi connectivity index (χ2n) is 4.20. The van der Waals surface area contributed by atoms with Gasteiger partial charge in [-0.25, -0.2) is 0 Å². The molecule has 5 N–H and O–H groups in total. The first-order valence-electron chi connectivity index (χ1n) is 6.04. The Morgan fingerprint density at radius 3 is 2.65 bits per heavy atom. The number of nitrogen functional groups attached to an aromatic ring is 2. The lowest BCUT2D eigenvalue weighted by atomic mass is 10.1. The van der Waals surface area contributed by atoms with Crippen molar-refractivity contribution in [3.63, 3.8) is 0 Å². The van der Waals surface area contributed by atoms with E-state index >= 15 is 0 Å². The summed E-state index contributed by atoms with van der Waals surface area (Å²) in [4.78, 5) is 11.5. The van der Waals surface area contributed by atoms with Crippen molar-refractivity contribution in [2.75, 3.05) is 11.5 Å². The van der Waals surface area contributed by atoms with Crippen LogP contribution in [0.2, 0.25) is 0 Å². The molecule has 0 aliphatic rings. The third kappa shape index (κ3) is 4.76. The maximum atomic E-state index is 11.5. The molecule has 0 aromatic heterocycles. The Balaban J connectivity index is 2.34. The quantitative estimate of drug-likeness (QED) is 0.521. The van der Waals surface area contributed by atoms with Gasteiger partial charge in [0, 0.05) is 13.0 Å². The number of hydrogen-bond acceptors (Lipinski definition) is 3. The zero-order valence-electron chi connectivity index (χ0n) is 10.3. The number of nitrogens with two attached hydrogens (primary N) is 2. The van der Waals surface area contributed by atoms with Crippen LogP contribution in [-0.4, -0.2) is 5.91 Å². The van der Waals surface area contributed by atoms with Crippen LogP contribution in [0.3, 0.4) is 0 Å². The second kappa shape index (κ2) is 6.78. The zero-order chi connectivity index (χ0) is 12.7. The van der Waals surface area contributed by atoms with Gasteiger partial charge in [-0.15, -0.1) is 0 Å². The molecule has 4 nitrogen and oxygen atoms in total. The summed E-state index contributed by atoms with van der Waals surface area (Å²) in [5.41, 5.74) is 13.4. The van der Waals surface area contributed by atoms with Crippen molar-refractivity contribution in [2.24, 2.45) is 0 Å². The van der Waals surface area contributed by atoms with E-state index in [-0.39, 0.29) is 5.91 Å². The Kier molecular flexibility index (Phi) is 5.33. The van der Waals surface area contributed by atoms with Crippen molar-refractivity contribution in [2.45, 2.75) is 39.2 Å². The molecular weight excluding hydrogens is 214 g/mol. The first-order chi connectivity index (χ1) is 8.13. The average molecular weight is 235 g/mol. The summed E-state index contributed by atoms with van der Waals surface area (Å²) in [6.07, 6.45) is 3.77. The highest BCUT2D eigenvalue weighted by Crippen LogP contribution is 2.15. The minimum atomic E-state index is 0.0915. The molecule has 0 atom stereocenters. The summed E-state index contributed by atoms with van der Waals surface area (Å²) < 4.78 is 0. The van der Waals surface area contributed by atoms with Gasteiger partial charge in [0.05, 0.1) is 11.4 Å². The van der Waals surface area contributed by atoms with Crippen LogP contribution in [0.4, 0.5) is 11.4 Å². The summed E-state index contributed by atoms with van der Waals surface area (Å²) in [5, 5.41) is 2.87. The highest BCUT2D eigenvalue weighted by Gasteiger charge is 2.02. The average Bonchev–Trinajstić information content (AvgIpc) is 2.31. The van der Waals surface area contributed by atoms with Crippen LogP contribution in [0.15, 0.2) is 18.2 Å². The summed E-state index contributed by atoms with van der Waals surface area (Å²) in [5.74, 6) is 0.0915. The standard InChI is InChI=1S/C13H21N3O/c1-2-3-4-5-13(17)16-9-10-6-7-11(14)12(15)8-10/h6-8H,2-5,9,14-15H2,1H3,(H,16,17). The van der Waals surface area contributed by atoms with E-state index < -0.39 is 0 Å². The SMILES string of the molecule is CCCCCC(=O)NCc1ccc(N)c(N)c1. The molecule has 0 unspecified atom stereocenters. The molecule has 17 heavy (non-hydrogen) atoms. The normalized spacial score (nSPS) is 10.2. The van der Waals surface area contributed by atoms with Crippen molar-refractivity contribution in [1.82, 2.24) is 5.32 Å². The number of benzene rings is 1. The molecule has 0 spiro atoms. The van der Waals surface area contributed by atoms with Gasteiger partial charge >= 0.3 is 0 Å². The zero-order valence-corrected chi connectivity index (χ0v) is 10.3. The van der Waals surface area contributed by atoms with E-state index in [2.05, 4.69) is 12.2 Å². The van der Waals surface area contributed by atoms with Gasteiger partial charge < -0.3 is 16.8 Å². The molecule has 1 aromatic rings. The lowest BCUT2D eigenvalue weighted by molar-refractivity contribution is -0.121. The van der Waals surface area contributed by atoms with Gasteiger partial charge in [0.2, 0.25) is 5.91 Å². The van der Waals surface area contributed by atoms with Crippen LogP contribution in [0, 0.1) is 0 Å². The molecule has 0 aliphatic heterocycles. The lowest BCUT2D eigenvalue weighted by Gasteiger charge is -2.07. The first kappa shape index (κ1) is 13.4. The van der Waals surface area contributed by atoms with Crippen molar-refractivity contribution in [3.05, 3.63) is 23.8 Å². The lowest BCUT2D eigenvalue weighted by Crippen LogP contribution is -2.22. The maximum Gasteiger partial charge on any atom is 0.220 e. The van der Waals surface area contributed by atoms with E-state index in [0.717, 1.165) is 24.8 Å². The van der Waals surface area contributed by atoms with E-state index in [1.54, 1.807) is 12.1 Å². The summed E-state index contributed by atoms with van der Waals surface area (Å²) >= 11 is 0. The number of rotatable bonds is 6. The van der Waals surface area contributed by atoms with Gasteiger partial charge in [-0.3, -0.25) is 4.79 Å². The van der Waals surface area contributed by atoms with E-state index in [0.29, 0.717) is 24.3 Å². The fraction of sp³-hybridized carbons (Fsp3) is 0.462. The van der Waals surface area contributed by atoms with Crippen LogP contribution in [0.5, 0.6) is 0 Å². The summed E-state index contributed by atoms with van der Waals surface area (Å²) in [6, 6.07) is 5.42. The fourth-order valence-corrected chi connectivity index (χ4v) is 1.56. The van der Waals surface area contributed by atoms with Crippen molar-refractivity contribution < 1.29 is 4.79 Å². The molecule has 94 valence electrons. The molecule has 0 fully saturated rings. The number of carbonyl (C=O) groups is 1. The van der Waals surface area contributed by atoms with Crippen LogP contribution >= 0.6 is 0 Å². The van der Waals surface area contributed by atoms with Gasteiger partial charge in [-0.1, -0.05) is 25.8 Å². The van der Waals surface area contributed by atoms with Gasteiger partial charge in [-0.2, -0.15) is 0 Å². The highest BCUT2D eigenvalue weighted by atomic mass is 16.1. The molecule has 0 saturated heterocycles. The molecule has 1 rings (SSSR count). The number of carbonyl (C=O) groups excluding carboxylic acids is 1.